The Morgan fingerprint density at radius 3 is 2.80 bits per heavy atom. The van der Waals surface area contributed by atoms with Gasteiger partial charge in [-0.05, 0) is 55.3 Å². The zero-order chi connectivity index (χ0) is 20.6. The second-order valence-electron chi connectivity index (χ2n) is 7.72. The summed E-state index contributed by atoms with van der Waals surface area (Å²) in [5, 5.41) is 0. The summed E-state index contributed by atoms with van der Waals surface area (Å²) >= 11 is 0. The molecule has 3 aromatic rings. The molecule has 158 valence electrons. The number of fused-ring (bicyclic) bond motifs is 2. The molecule has 0 radical (unpaired) electrons. The molecule has 1 fully saturated rings. The third-order valence-electron chi connectivity index (χ3n) is 5.82. The first-order valence-corrected chi connectivity index (χ1v) is 11.9. The predicted octanol–water partition coefficient (Wildman–Crippen LogP) is 1.84. The smallest absolute Gasteiger partial charge is 0.235 e. The second kappa shape index (κ2) is 7.98. The Hall–Kier alpha value is -2.49. The van der Waals surface area contributed by atoms with Crippen molar-refractivity contribution in [3.63, 3.8) is 0 Å². The highest BCUT2D eigenvalue weighted by Crippen LogP contribution is 2.33. The number of sulfonamides is 1. The highest BCUT2D eigenvalue weighted by atomic mass is 32.2. The zero-order valence-electron chi connectivity index (χ0n) is 16.8. The Balaban J connectivity index is 1.32. The summed E-state index contributed by atoms with van der Waals surface area (Å²) in [5.41, 5.74) is 4.41. The van der Waals surface area contributed by atoms with Crippen molar-refractivity contribution in [2.45, 2.75) is 12.8 Å². The van der Waals surface area contributed by atoms with Crippen molar-refractivity contribution in [2.75, 3.05) is 49.5 Å². The molecule has 4 heterocycles. The van der Waals surface area contributed by atoms with Crippen LogP contribution in [0.15, 0.2) is 42.9 Å². The summed E-state index contributed by atoms with van der Waals surface area (Å²) in [6.45, 7) is 4.53. The van der Waals surface area contributed by atoms with Gasteiger partial charge in [0.05, 0.1) is 24.7 Å². The van der Waals surface area contributed by atoms with Crippen molar-refractivity contribution in [2.24, 2.45) is 0 Å². The number of hydrogen-bond donors (Lipinski definition) is 0. The SMILES string of the molecule is O=S(=O)(CCCN1CCOCC1)N1CCc2cc(-n3cnc4cccnc43)ccc21. The predicted molar refractivity (Wildman–Crippen MR) is 116 cm³/mol. The van der Waals surface area contributed by atoms with E-state index in [4.69, 9.17) is 4.74 Å². The van der Waals surface area contributed by atoms with Crippen LogP contribution < -0.4 is 4.31 Å². The molecule has 0 bridgehead atoms. The summed E-state index contributed by atoms with van der Waals surface area (Å²) in [6.07, 6.45) is 4.86. The number of aromatic nitrogens is 3. The summed E-state index contributed by atoms with van der Waals surface area (Å²) in [4.78, 5) is 11.1. The minimum absolute atomic E-state index is 0.168. The molecular formula is C21H25N5O3S. The van der Waals surface area contributed by atoms with Gasteiger partial charge in [0, 0.05) is 31.5 Å². The fourth-order valence-electron chi connectivity index (χ4n) is 4.24. The summed E-state index contributed by atoms with van der Waals surface area (Å²) < 4.78 is 34.8. The van der Waals surface area contributed by atoms with Crippen LogP contribution >= 0.6 is 0 Å². The molecule has 2 aliphatic heterocycles. The molecule has 0 saturated carbocycles. The molecule has 0 aliphatic carbocycles. The number of rotatable bonds is 6. The monoisotopic (exact) mass is 427 g/mol. The van der Waals surface area contributed by atoms with Crippen LogP contribution in [0.2, 0.25) is 0 Å². The van der Waals surface area contributed by atoms with Gasteiger partial charge in [-0.25, -0.2) is 18.4 Å². The Kier molecular flexibility index (Phi) is 5.18. The first kappa shape index (κ1) is 19.5. The van der Waals surface area contributed by atoms with Crippen LogP contribution in [-0.2, 0) is 21.2 Å². The molecule has 0 amide bonds. The third kappa shape index (κ3) is 3.68. The van der Waals surface area contributed by atoms with Crippen molar-refractivity contribution in [1.82, 2.24) is 19.4 Å². The third-order valence-corrected chi connectivity index (χ3v) is 7.67. The fraction of sp³-hybridized carbons (Fsp3) is 0.429. The second-order valence-corrected chi connectivity index (χ2v) is 9.73. The lowest BCUT2D eigenvalue weighted by molar-refractivity contribution is 0.0381. The summed E-state index contributed by atoms with van der Waals surface area (Å²) in [7, 11) is -3.33. The molecule has 5 rings (SSSR count). The minimum atomic E-state index is -3.33. The van der Waals surface area contributed by atoms with Gasteiger partial charge in [0.15, 0.2) is 5.65 Å². The first-order chi connectivity index (χ1) is 14.6. The Labute approximate surface area is 176 Å². The normalized spacial score (nSPS) is 17.5. The van der Waals surface area contributed by atoms with Crippen molar-refractivity contribution in [3.8, 4) is 5.69 Å². The van der Waals surface area contributed by atoms with Crippen LogP contribution in [0, 0.1) is 0 Å². The highest BCUT2D eigenvalue weighted by molar-refractivity contribution is 7.92. The fourth-order valence-corrected chi connectivity index (χ4v) is 5.80. The van der Waals surface area contributed by atoms with Gasteiger partial charge in [-0.15, -0.1) is 0 Å². The van der Waals surface area contributed by atoms with E-state index in [9.17, 15) is 8.42 Å². The van der Waals surface area contributed by atoms with Crippen LogP contribution in [0.25, 0.3) is 16.9 Å². The van der Waals surface area contributed by atoms with Crippen molar-refractivity contribution < 1.29 is 13.2 Å². The van der Waals surface area contributed by atoms with E-state index < -0.39 is 10.0 Å². The summed E-state index contributed by atoms with van der Waals surface area (Å²) in [5.74, 6) is 0.168. The zero-order valence-corrected chi connectivity index (χ0v) is 17.6. The van der Waals surface area contributed by atoms with Gasteiger partial charge in [-0.1, -0.05) is 0 Å². The molecule has 2 aromatic heterocycles. The molecule has 2 aliphatic rings. The molecule has 0 spiro atoms. The number of hydrogen-bond acceptors (Lipinski definition) is 6. The minimum Gasteiger partial charge on any atom is -0.379 e. The Morgan fingerprint density at radius 2 is 1.93 bits per heavy atom. The van der Waals surface area contributed by atoms with Gasteiger partial charge in [-0.2, -0.15) is 0 Å². The number of imidazole rings is 1. The van der Waals surface area contributed by atoms with E-state index in [1.807, 2.05) is 34.9 Å². The van der Waals surface area contributed by atoms with E-state index in [1.165, 1.54) is 0 Å². The quantitative estimate of drug-likeness (QED) is 0.597. The molecule has 9 heteroatoms. The largest absolute Gasteiger partial charge is 0.379 e. The number of ether oxygens (including phenoxy) is 1. The lowest BCUT2D eigenvalue weighted by Crippen LogP contribution is -2.38. The molecule has 8 nitrogen and oxygen atoms in total. The van der Waals surface area contributed by atoms with E-state index in [0.717, 1.165) is 61.0 Å². The van der Waals surface area contributed by atoms with E-state index in [2.05, 4.69) is 14.9 Å². The van der Waals surface area contributed by atoms with Gasteiger partial charge >= 0.3 is 0 Å². The maximum atomic E-state index is 13.0. The molecule has 0 unspecified atom stereocenters. The standard InChI is InChI=1S/C21H25N5O3S/c27-30(28,14-2-8-24-10-12-29-13-11-24)26-9-6-17-15-18(4-5-20(17)26)25-16-23-19-3-1-7-22-21(19)25/h1,3-5,7,15-16H,2,6,8-14H2. The molecule has 1 saturated heterocycles. The van der Waals surface area contributed by atoms with Crippen molar-refractivity contribution >= 4 is 26.9 Å². The van der Waals surface area contributed by atoms with Gasteiger partial charge in [0.2, 0.25) is 10.0 Å². The van der Waals surface area contributed by atoms with E-state index in [1.54, 1.807) is 16.8 Å². The van der Waals surface area contributed by atoms with E-state index in [-0.39, 0.29) is 5.75 Å². The van der Waals surface area contributed by atoms with Crippen LogP contribution in [-0.4, -0.2) is 73.0 Å². The molecular weight excluding hydrogens is 402 g/mol. The number of pyridine rings is 1. The first-order valence-electron chi connectivity index (χ1n) is 10.3. The van der Waals surface area contributed by atoms with Crippen LogP contribution in [0.3, 0.4) is 0 Å². The highest BCUT2D eigenvalue weighted by Gasteiger charge is 2.29. The van der Waals surface area contributed by atoms with Gasteiger partial charge in [-0.3, -0.25) is 13.8 Å². The van der Waals surface area contributed by atoms with Crippen LogP contribution in [0.4, 0.5) is 5.69 Å². The average molecular weight is 428 g/mol. The van der Waals surface area contributed by atoms with Crippen molar-refractivity contribution in [3.05, 3.63) is 48.4 Å². The molecule has 1 aromatic carbocycles. The number of benzene rings is 1. The number of nitrogens with zero attached hydrogens (tertiary/aromatic N) is 5. The maximum absolute atomic E-state index is 13.0. The lowest BCUT2D eigenvalue weighted by Gasteiger charge is -2.27. The van der Waals surface area contributed by atoms with Crippen molar-refractivity contribution in [1.29, 1.82) is 0 Å². The molecule has 0 N–H and O–H groups in total. The summed E-state index contributed by atoms with van der Waals surface area (Å²) in [6, 6.07) is 9.69. The molecule has 30 heavy (non-hydrogen) atoms. The van der Waals surface area contributed by atoms with Gasteiger partial charge in [0.1, 0.15) is 11.8 Å². The average Bonchev–Trinajstić information content (AvgIpc) is 3.38. The molecule has 0 atom stereocenters. The van der Waals surface area contributed by atoms with E-state index >= 15 is 0 Å². The van der Waals surface area contributed by atoms with Gasteiger partial charge in [0.25, 0.3) is 0 Å². The van der Waals surface area contributed by atoms with E-state index in [0.29, 0.717) is 19.4 Å². The Morgan fingerprint density at radius 1 is 1.07 bits per heavy atom. The van der Waals surface area contributed by atoms with Crippen LogP contribution in [0.1, 0.15) is 12.0 Å². The topological polar surface area (TPSA) is 80.6 Å². The number of morpholine rings is 1. The van der Waals surface area contributed by atoms with Crippen LogP contribution in [0.5, 0.6) is 0 Å². The number of anilines is 1. The maximum Gasteiger partial charge on any atom is 0.235 e. The van der Waals surface area contributed by atoms with Gasteiger partial charge < -0.3 is 4.74 Å². The Bertz CT molecular complexity index is 1150. The lowest BCUT2D eigenvalue weighted by atomic mass is 10.1.